The van der Waals surface area contributed by atoms with Crippen molar-refractivity contribution in [3.63, 3.8) is 0 Å². The standard InChI is InChI=1S/C15H14BrN3O6S/c1-2-25-14-7-10(6-13(16)15(14)20)9-17-18-26(23,24)12-5-3-4-11(8-12)19(21)22/h3-9,18,20H,2H2,1H3/b17-9+. The van der Waals surface area contributed by atoms with Crippen molar-refractivity contribution in [2.45, 2.75) is 11.8 Å². The zero-order valence-electron chi connectivity index (χ0n) is 13.4. The van der Waals surface area contributed by atoms with Gasteiger partial charge in [-0.1, -0.05) is 6.07 Å². The molecule has 0 radical (unpaired) electrons. The second-order valence-electron chi connectivity index (χ2n) is 4.89. The lowest BCUT2D eigenvalue weighted by atomic mass is 10.2. The molecule has 0 aliphatic rings. The number of benzene rings is 2. The van der Waals surface area contributed by atoms with E-state index in [-0.39, 0.29) is 22.1 Å². The van der Waals surface area contributed by atoms with E-state index in [0.717, 1.165) is 6.07 Å². The van der Waals surface area contributed by atoms with Gasteiger partial charge in [0.1, 0.15) is 0 Å². The molecular formula is C15H14BrN3O6S. The highest BCUT2D eigenvalue weighted by atomic mass is 79.9. The summed E-state index contributed by atoms with van der Waals surface area (Å²) in [4.78, 5) is 11.7. The van der Waals surface area contributed by atoms with Gasteiger partial charge in [-0.05, 0) is 46.6 Å². The number of rotatable bonds is 7. The zero-order chi connectivity index (χ0) is 19.3. The number of halogens is 1. The molecule has 138 valence electrons. The number of nitro groups is 1. The Hall–Kier alpha value is -2.66. The Kier molecular flexibility index (Phi) is 6.16. The first kappa shape index (κ1) is 19.7. The molecule has 9 nitrogen and oxygen atoms in total. The average molecular weight is 444 g/mol. The second kappa shape index (κ2) is 8.15. The van der Waals surface area contributed by atoms with Crippen LogP contribution in [0.2, 0.25) is 0 Å². The molecule has 2 rings (SSSR count). The van der Waals surface area contributed by atoms with Gasteiger partial charge in [-0.25, -0.2) is 4.83 Å². The molecule has 26 heavy (non-hydrogen) atoms. The molecule has 0 heterocycles. The molecule has 0 aliphatic heterocycles. The lowest BCUT2D eigenvalue weighted by Crippen LogP contribution is -2.18. The van der Waals surface area contributed by atoms with Crippen LogP contribution in [0, 0.1) is 10.1 Å². The fourth-order valence-corrected chi connectivity index (χ4v) is 3.21. The maximum atomic E-state index is 12.2. The summed E-state index contributed by atoms with van der Waals surface area (Å²) >= 11 is 3.16. The van der Waals surface area contributed by atoms with Gasteiger partial charge in [0.2, 0.25) is 0 Å². The number of non-ortho nitro benzene ring substituents is 1. The van der Waals surface area contributed by atoms with Crippen LogP contribution in [0.1, 0.15) is 12.5 Å². The van der Waals surface area contributed by atoms with Crippen LogP contribution in [0.5, 0.6) is 11.5 Å². The molecule has 0 aliphatic carbocycles. The largest absolute Gasteiger partial charge is 0.503 e. The molecule has 0 fully saturated rings. The smallest absolute Gasteiger partial charge is 0.276 e. The second-order valence-corrected chi connectivity index (χ2v) is 7.41. The Balaban J connectivity index is 2.22. The number of aromatic hydroxyl groups is 1. The molecule has 0 spiro atoms. The van der Waals surface area contributed by atoms with Crippen LogP contribution in [0.15, 0.2) is 50.9 Å². The fraction of sp³-hybridized carbons (Fsp3) is 0.133. The first-order valence-corrected chi connectivity index (χ1v) is 9.47. The van der Waals surface area contributed by atoms with Gasteiger partial charge in [-0.2, -0.15) is 13.5 Å². The minimum atomic E-state index is -4.07. The van der Waals surface area contributed by atoms with Gasteiger partial charge in [0, 0.05) is 12.1 Å². The molecule has 0 unspecified atom stereocenters. The summed E-state index contributed by atoms with van der Waals surface area (Å²) in [7, 11) is -4.07. The Labute approximate surface area is 157 Å². The van der Waals surface area contributed by atoms with E-state index >= 15 is 0 Å². The van der Waals surface area contributed by atoms with Crippen molar-refractivity contribution < 1.29 is 23.2 Å². The highest BCUT2D eigenvalue weighted by Crippen LogP contribution is 2.35. The topological polar surface area (TPSA) is 131 Å². The molecule has 0 bridgehead atoms. The number of nitrogens with one attached hydrogen (secondary N) is 1. The average Bonchev–Trinajstić information content (AvgIpc) is 2.59. The van der Waals surface area contributed by atoms with Gasteiger partial charge >= 0.3 is 0 Å². The lowest BCUT2D eigenvalue weighted by Gasteiger charge is -2.08. The molecular weight excluding hydrogens is 430 g/mol. The number of phenolic OH excluding ortho intramolecular Hbond substituents is 1. The lowest BCUT2D eigenvalue weighted by molar-refractivity contribution is -0.385. The van der Waals surface area contributed by atoms with Gasteiger partial charge in [-0.15, -0.1) is 0 Å². The van der Waals surface area contributed by atoms with Crippen LogP contribution in [0.25, 0.3) is 0 Å². The normalized spacial score (nSPS) is 11.5. The van der Waals surface area contributed by atoms with Gasteiger partial charge in [0.05, 0.1) is 27.1 Å². The highest BCUT2D eigenvalue weighted by Gasteiger charge is 2.16. The highest BCUT2D eigenvalue weighted by molar-refractivity contribution is 9.10. The minimum Gasteiger partial charge on any atom is -0.503 e. The summed E-state index contributed by atoms with van der Waals surface area (Å²) in [5, 5.41) is 24.2. The number of nitro benzene ring substituents is 1. The van der Waals surface area contributed by atoms with Crippen molar-refractivity contribution in [2.75, 3.05) is 6.61 Å². The summed E-state index contributed by atoms with van der Waals surface area (Å²) in [5.74, 6) is 0.131. The maximum Gasteiger partial charge on any atom is 0.276 e. The molecule has 0 saturated heterocycles. The van der Waals surface area contributed by atoms with Crippen LogP contribution in [0.3, 0.4) is 0 Å². The minimum absolute atomic E-state index is 0.0822. The number of hydrogen-bond donors (Lipinski definition) is 2. The van der Waals surface area contributed by atoms with Crippen molar-refractivity contribution in [3.05, 3.63) is 56.5 Å². The van der Waals surface area contributed by atoms with Crippen molar-refractivity contribution in [1.82, 2.24) is 4.83 Å². The van der Waals surface area contributed by atoms with Gasteiger partial charge in [0.15, 0.2) is 11.5 Å². The number of ether oxygens (including phenoxy) is 1. The Morgan fingerprint density at radius 3 is 2.77 bits per heavy atom. The fourth-order valence-electron chi connectivity index (χ4n) is 1.92. The SMILES string of the molecule is CCOc1cc(/C=N/NS(=O)(=O)c2cccc([N+](=O)[O-])c2)cc(Br)c1O. The molecule has 0 amide bonds. The molecule has 2 aromatic carbocycles. The van der Waals surface area contributed by atoms with Crippen LogP contribution in [-0.4, -0.2) is 31.3 Å². The van der Waals surface area contributed by atoms with Gasteiger partial charge in [-0.3, -0.25) is 10.1 Å². The molecule has 11 heteroatoms. The third-order valence-corrected chi connectivity index (χ3v) is 4.90. The van der Waals surface area contributed by atoms with E-state index in [1.165, 1.54) is 36.5 Å². The van der Waals surface area contributed by atoms with E-state index in [0.29, 0.717) is 16.6 Å². The molecule has 0 atom stereocenters. The van der Waals surface area contributed by atoms with Crippen molar-refractivity contribution in [1.29, 1.82) is 0 Å². The van der Waals surface area contributed by atoms with Crippen molar-refractivity contribution >= 4 is 37.9 Å². The summed E-state index contributed by atoms with van der Waals surface area (Å²) < 4.78 is 30.0. The van der Waals surface area contributed by atoms with Crippen molar-refractivity contribution in [3.8, 4) is 11.5 Å². The van der Waals surface area contributed by atoms with Crippen LogP contribution >= 0.6 is 15.9 Å². The number of nitrogens with zero attached hydrogens (tertiary/aromatic N) is 2. The zero-order valence-corrected chi connectivity index (χ0v) is 15.8. The van der Waals surface area contributed by atoms with E-state index in [4.69, 9.17) is 4.74 Å². The monoisotopic (exact) mass is 443 g/mol. The van der Waals surface area contributed by atoms with E-state index < -0.39 is 14.9 Å². The molecule has 2 N–H and O–H groups in total. The predicted octanol–water partition coefficient (Wildman–Crippen LogP) is 2.77. The first-order chi connectivity index (χ1) is 12.2. The number of hydrogen-bond acceptors (Lipinski definition) is 7. The van der Waals surface area contributed by atoms with E-state index in [9.17, 15) is 23.6 Å². The van der Waals surface area contributed by atoms with Crippen LogP contribution < -0.4 is 9.57 Å². The van der Waals surface area contributed by atoms with E-state index in [1.54, 1.807) is 6.92 Å². The van der Waals surface area contributed by atoms with Gasteiger partial charge in [0.25, 0.3) is 15.7 Å². The van der Waals surface area contributed by atoms with Crippen LogP contribution in [0.4, 0.5) is 5.69 Å². The Morgan fingerprint density at radius 1 is 1.38 bits per heavy atom. The predicted molar refractivity (Wildman–Crippen MR) is 98.0 cm³/mol. The van der Waals surface area contributed by atoms with Crippen LogP contribution in [-0.2, 0) is 10.0 Å². The quantitative estimate of drug-likeness (QED) is 0.384. The number of phenols is 1. The van der Waals surface area contributed by atoms with Crippen molar-refractivity contribution in [2.24, 2.45) is 5.10 Å². The maximum absolute atomic E-state index is 12.2. The first-order valence-electron chi connectivity index (χ1n) is 7.19. The Bertz CT molecular complexity index is 962. The van der Waals surface area contributed by atoms with E-state index in [1.807, 2.05) is 4.83 Å². The van der Waals surface area contributed by atoms with Gasteiger partial charge < -0.3 is 9.84 Å². The third kappa shape index (κ3) is 4.70. The number of sulfonamides is 1. The summed E-state index contributed by atoms with van der Waals surface area (Å²) in [6.45, 7) is 2.08. The summed E-state index contributed by atoms with van der Waals surface area (Å²) in [6, 6.07) is 7.60. The number of hydrazone groups is 1. The summed E-state index contributed by atoms with van der Waals surface area (Å²) in [5.41, 5.74) is 0.112. The molecule has 2 aromatic rings. The third-order valence-electron chi connectivity index (χ3n) is 3.08. The Morgan fingerprint density at radius 2 is 2.12 bits per heavy atom. The summed E-state index contributed by atoms with van der Waals surface area (Å²) in [6.07, 6.45) is 1.21. The molecule has 0 saturated carbocycles. The molecule has 0 aromatic heterocycles. The van der Waals surface area contributed by atoms with E-state index in [2.05, 4.69) is 21.0 Å².